The van der Waals surface area contributed by atoms with Crippen LogP contribution in [0.15, 0.2) is 29.2 Å². The molecule has 1 aromatic carbocycles. The van der Waals surface area contributed by atoms with Gasteiger partial charge in [0, 0.05) is 5.92 Å². The molecule has 1 saturated heterocycles. The number of nitrogens with zero attached hydrogens (tertiary/aromatic N) is 5. The van der Waals surface area contributed by atoms with Gasteiger partial charge in [-0.05, 0) is 61.8 Å². The minimum Gasteiger partial charge on any atom is -0.369 e. The molecule has 0 bridgehead atoms. The number of carbonyl (C=O) groups excluding carboxylic acids is 1. The summed E-state index contributed by atoms with van der Waals surface area (Å²) in [6.45, 7) is 5.39. The van der Waals surface area contributed by atoms with Gasteiger partial charge in [-0.1, -0.05) is 31.0 Å². The van der Waals surface area contributed by atoms with Crippen LogP contribution in [0, 0.1) is 12.8 Å². The second-order valence-electron chi connectivity index (χ2n) is 7.61. The lowest BCUT2D eigenvalue weighted by Crippen LogP contribution is -2.41. The largest absolute Gasteiger partial charge is 0.369 e. The summed E-state index contributed by atoms with van der Waals surface area (Å²) in [7, 11) is -3.58. The lowest BCUT2D eigenvalue weighted by molar-refractivity contribution is -0.123. The summed E-state index contributed by atoms with van der Waals surface area (Å²) in [5.74, 6) is -0.131. The summed E-state index contributed by atoms with van der Waals surface area (Å²) < 4.78 is 27.1. The molecule has 10 heteroatoms. The van der Waals surface area contributed by atoms with E-state index in [0.29, 0.717) is 31.8 Å². The first-order valence-corrected chi connectivity index (χ1v) is 11.6. The van der Waals surface area contributed by atoms with E-state index in [1.807, 2.05) is 6.92 Å². The fourth-order valence-electron chi connectivity index (χ4n) is 3.77. The zero-order chi connectivity index (χ0) is 21.0. The predicted molar refractivity (Wildman–Crippen MR) is 107 cm³/mol. The molecular weight excluding hydrogens is 392 g/mol. The first kappa shape index (κ1) is 21.4. The zero-order valence-electron chi connectivity index (χ0n) is 16.9. The number of tetrazole rings is 1. The molecule has 1 amide bonds. The van der Waals surface area contributed by atoms with Gasteiger partial charge < -0.3 is 5.73 Å². The van der Waals surface area contributed by atoms with Gasteiger partial charge in [0.1, 0.15) is 0 Å². The third kappa shape index (κ3) is 4.99. The molecule has 0 spiro atoms. The van der Waals surface area contributed by atoms with Crippen LogP contribution in [0.25, 0.3) is 0 Å². The molecule has 1 fully saturated rings. The number of aryl methyl sites for hydroxylation is 1. The van der Waals surface area contributed by atoms with E-state index in [1.165, 1.54) is 4.68 Å². The lowest BCUT2D eigenvalue weighted by atomic mass is 9.94. The number of amides is 1. The van der Waals surface area contributed by atoms with Gasteiger partial charge in [-0.2, -0.15) is 0 Å². The molecule has 3 rings (SSSR count). The Labute approximate surface area is 171 Å². The second-order valence-corrected chi connectivity index (χ2v) is 9.57. The van der Waals surface area contributed by atoms with Gasteiger partial charge in [0.25, 0.3) is 0 Å². The Kier molecular flexibility index (Phi) is 6.63. The highest BCUT2D eigenvalue weighted by Gasteiger charge is 2.31. The van der Waals surface area contributed by atoms with Crippen molar-refractivity contribution in [2.24, 2.45) is 11.7 Å². The van der Waals surface area contributed by atoms with Gasteiger partial charge in [-0.3, -0.25) is 9.69 Å². The van der Waals surface area contributed by atoms with Gasteiger partial charge in [-0.15, -0.1) is 5.10 Å². The topological polar surface area (TPSA) is 124 Å². The van der Waals surface area contributed by atoms with Crippen molar-refractivity contribution in [2.45, 2.75) is 56.3 Å². The summed E-state index contributed by atoms with van der Waals surface area (Å²) in [5.41, 5.74) is 6.43. The fraction of sp³-hybridized carbons (Fsp3) is 0.579. The van der Waals surface area contributed by atoms with Crippen molar-refractivity contribution in [2.75, 3.05) is 13.1 Å². The smallest absolute Gasteiger partial charge is 0.220 e. The molecule has 9 nitrogen and oxygen atoms in total. The highest BCUT2D eigenvalue weighted by atomic mass is 32.2. The molecule has 1 aliphatic rings. The Morgan fingerprint density at radius 1 is 1.24 bits per heavy atom. The maximum atomic E-state index is 12.9. The number of benzene rings is 1. The lowest BCUT2D eigenvalue weighted by Gasteiger charge is -2.36. The van der Waals surface area contributed by atoms with Crippen LogP contribution >= 0.6 is 0 Å². The van der Waals surface area contributed by atoms with Crippen molar-refractivity contribution in [1.82, 2.24) is 25.1 Å². The van der Waals surface area contributed by atoms with E-state index in [4.69, 9.17) is 5.73 Å². The summed E-state index contributed by atoms with van der Waals surface area (Å²) in [6.07, 6.45) is 3.09. The monoisotopic (exact) mass is 420 g/mol. The van der Waals surface area contributed by atoms with Gasteiger partial charge in [0.2, 0.25) is 5.91 Å². The average Bonchev–Trinajstić information content (AvgIpc) is 3.13. The number of primary amides is 1. The Hall–Kier alpha value is -2.33. The van der Waals surface area contributed by atoms with Crippen LogP contribution < -0.4 is 5.73 Å². The number of hydrogen-bond acceptors (Lipinski definition) is 7. The second kappa shape index (κ2) is 9.00. The van der Waals surface area contributed by atoms with Crippen LogP contribution in [0.2, 0.25) is 0 Å². The number of piperidine rings is 1. The summed E-state index contributed by atoms with van der Waals surface area (Å²) in [4.78, 5) is 13.9. The third-order valence-corrected chi connectivity index (χ3v) is 7.04. The Morgan fingerprint density at radius 2 is 1.90 bits per heavy atom. The van der Waals surface area contributed by atoms with Crippen molar-refractivity contribution in [3.05, 3.63) is 35.7 Å². The first-order chi connectivity index (χ1) is 13.8. The molecule has 0 saturated carbocycles. The van der Waals surface area contributed by atoms with Gasteiger partial charge in [0.05, 0.1) is 10.9 Å². The molecule has 1 aliphatic heterocycles. The maximum absolute atomic E-state index is 12.9. The summed E-state index contributed by atoms with van der Waals surface area (Å²) in [6, 6.07) is 6.66. The van der Waals surface area contributed by atoms with E-state index in [0.717, 1.165) is 18.4 Å². The molecule has 2 N–H and O–H groups in total. The molecule has 2 heterocycles. The Bertz CT molecular complexity index is 933. The Morgan fingerprint density at radius 3 is 2.48 bits per heavy atom. The third-order valence-electron chi connectivity index (χ3n) is 5.46. The predicted octanol–water partition coefficient (Wildman–Crippen LogP) is 1.45. The number of hydrogen-bond donors (Lipinski definition) is 1. The maximum Gasteiger partial charge on any atom is 0.220 e. The SMILES string of the molecule is CCCC(c1nnnn1CS(=O)(=O)c1ccc(C)cc1)N1CCC(C(N)=O)CC1. The molecule has 1 aromatic heterocycles. The van der Waals surface area contributed by atoms with E-state index >= 15 is 0 Å². The van der Waals surface area contributed by atoms with Crippen LogP contribution in [0.4, 0.5) is 0 Å². The molecule has 0 radical (unpaired) electrons. The van der Waals surface area contributed by atoms with Crippen LogP contribution in [-0.4, -0.2) is 52.5 Å². The number of carbonyl (C=O) groups is 1. The van der Waals surface area contributed by atoms with Gasteiger partial charge in [0.15, 0.2) is 21.5 Å². The normalized spacial score (nSPS) is 17.3. The van der Waals surface area contributed by atoms with Crippen LogP contribution in [0.1, 0.15) is 50.0 Å². The number of sulfone groups is 1. The Balaban J connectivity index is 1.81. The van der Waals surface area contributed by atoms with Crippen molar-refractivity contribution in [3.8, 4) is 0 Å². The molecule has 29 heavy (non-hydrogen) atoms. The fourth-order valence-corrected chi connectivity index (χ4v) is 4.97. The average molecular weight is 421 g/mol. The van der Waals surface area contributed by atoms with E-state index in [2.05, 4.69) is 27.3 Å². The van der Waals surface area contributed by atoms with Crippen LogP contribution in [0.5, 0.6) is 0 Å². The van der Waals surface area contributed by atoms with Crippen molar-refractivity contribution < 1.29 is 13.2 Å². The summed E-state index contributed by atoms with van der Waals surface area (Å²) >= 11 is 0. The van der Waals surface area contributed by atoms with E-state index < -0.39 is 9.84 Å². The number of nitrogens with two attached hydrogens (primary N) is 1. The molecule has 1 unspecified atom stereocenters. The first-order valence-electron chi connectivity index (χ1n) is 9.90. The number of rotatable bonds is 8. The van der Waals surface area contributed by atoms with Crippen LogP contribution in [0.3, 0.4) is 0 Å². The van der Waals surface area contributed by atoms with Crippen LogP contribution in [-0.2, 0) is 20.5 Å². The van der Waals surface area contributed by atoms with Crippen molar-refractivity contribution in [1.29, 1.82) is 0 Å². The molecular formula is C19H28N6O3S. The molecule has 0 aliphatic carbocycles. The van der Waals surface area contributed by atoms with Crippen molar-refractivity contribution >= 4 is 15.7 Å². The van der Waals surface area contributed by atoms with E-state index in [1.54, 1.807) is 24.3 Å². The zero-order valence-corrected chi connectivity index (χ0v) is 17.7. The summed E-state index contributed by atoms with van der Waals surface area (Å²) in [5, 5.41) is 11.9. The van der Waals surface area contributed by atoms with Crippen molar-refractivity contribution in [3.63, 3.8) is 0 Å². The minimum atomic E-state index is -3.58. The minimum absolute atomic E-state index is 0.1000. The highest BCUT2D eigenvalue weighted by molar-refractivity contribution is 7.90. The standard InChI is InChI=1S/C19H28N6O3S/c1-3-4-17(24-11-9-15(10-12-24)18(20)26)19-21-22-23-25(19)13-29(27,28)16-7-5-14(2)6-8-16/h5-8,15,17H,3-4,9-13H2,1-2H3,(H2,20,26). The highest BCUT2D eigenvalue weighted by Crippen LogP contribution is 2.29. The number of aromatic nitrogens is 4. The van der Waals surface area contributed by atoms with E-state index in [-0.39, 0.29) is 28.6 Å². The molecule has 1 atom stereocenters. The van der Waals surface area contributed by atoms with Gasteiger partial charge >= 0.3 is 0 Å². The number of likely N-dealkylation sites (tertiary alicyclic amines) is 1. The molecule has 158 valence electrons. The van der Waals surface area contributed by atoms with E-state index in [9.17, 15) is 13.2 Å². The quantitative estimate of drug-likeness (QED) is 0.685. The molecule has 2 aromatic rings. The van der Waals surface area contributed by atoms with Gasteiger partial charge in [-0.25, -0.2) is 13.1 Å².